The average Bonchev–Trinajstić information content (AvgIpc) is 2.38. The normalized spacial score (nSPS) is 11.1. The van der Waals surface area contributed by atoms with Crippen LogP contribution in [0.3, 0.4) is 0 Å². The van der Waals surface area contributed by atoms with Crippen molar-refractivity contribution in [3.05, 3.63) is 42.2 Å². The number of nitrogens with zero attached hydrogens (tertiary/aromatic N) is 2. The summed E-state index contributed by atoms with van der Waals surface area (Å²) in [7, 11) is 0. The van der Waals surface area contributed by atoms with E-state index < -0.39 is 12.1 Å². The van der Waals surface area contributed by atoms with Crippen LogP contribution in [0.2, 0.25) is 0 Å². The molecular formula is C12H7F3N2O2. The van der Waals surface area contributed by atoms with Crippen molar-refractivity contribution in [3.63, 3.8) is 0 Å². The van der Waals surface area contributed by atoms with E-state index in [9.17, 15) is 18.0 Å². The van der Waals surface area contributed by atoms with Crippen LogP contribution >= 0.6 is 0 Å². The molecule has 0 amide bonds. The molecule has 0 fully saturated rings. The third-order valence-electron chi connectivity index (χ3n) is 2.16. The Hall–Kier alpha value is -2.44. The van der Waals surface area contributed by atoms with Crippen molar-refractivity contribution in [2.24, 2.45) is 0 Å². The summed E-state index contributed by atoms with van der Waals surface area (Å²) in [5.41, 5.74) is 0.329. The van der Waals surface area contributed by atoms with Crippen LogP contribution in [0.25, 0.3) is 11.4 Å². The number of aromatic nitrogens is 2. The standard InChI is InChI=1S/C12H7F3N2O2/c13-12(14,15)19-10-4-2-1-3-9(10)11-16-5-8(7-18)6-17-11/h1-7H. The first-order chi connectivity index (χ1) is 8.99. The highest BCUT2D eigenvalue weighted by Gasteiger charge is 2.32. The van der Waals surface area contributed by atoms with Crippen molar-refractivity contribution in [1.82, 2.24) is 9.97 Å². The lowest BCUT2D eigenvalue weighted by molar-refractivity contribution is -0.274. The molecule has 1 heterocycles. The van der Waals surface area contributed by atoms with Gasteiger partial charge in [0.2, 0.25) is 0 Å². The Morgan fingerprint density at radius 2 is 1.74 bits per heavy atom. The fraction of sp³-hybridized carbons (Fsp3) is 0.0833. The largest absolute Gasteiger partial charge is 0.573 e. The quantitative estimate of drug-likeness (QED) is 0.803. The van der Waals surface area contributed by atoms with E-state index in [2.05, 4.69) is 14.7 Å². The number of carbonyl (C=O) groups is 1. The van der Waals surface area contributed by atoms with Gasteiger partial charge in [0.25, 0.3) is 0 Å². The summed E-state index contributed by atoms with van der Waals surface area (Å²) in [6, 6.07) is 5.51. The van der Waals surface area contributed by atoms with Crippen LogP contribution in [0.5, 0.6) is 5.75 Å². The van der Waals surface area contributed by atoms with Crippen LogP contribution < -0.4 is 4.74 Å². The fourth-order valence-electron chi connectivity index (χ4n) is 1.40. The van der Waals surface area contributed by atoms with Crippen molar-refractivity contribution < 1.29 is 22.7 Å². The van der Waals surface area contributed by atoms with Gasteiger partial charge in [0.1, 0.15) is 5.75 Å². The Morgan fingerprint density at radius 1 is 1.11 bits per heavy atom. The number of ether oxygens (including phenoxy) is 1. The van der Waals surface area contributed by atoms with Gasteiger partial charge in [-0.15, -0.1) is 13.2 Å². The van der Waals surface area contributed by atoms with E-state index in [0.717, 1.165) is 0 Å². The molecule has 2 rings (SSSR count). The smallest absolute Gasteiger partial charge is 0.405 e. The van der Waals surface area contributed by atoms with Gasteiger partial charge in [-0.25, -0.2) is 9.97 Å². The van der Waals surface area contributed by atoms with Crippen LogP contribution in [-0.4, -0.2) is 22.6 Å². The minimum Gasteiger partial charge on any atom is -0.405 e. The van der Waals surface area contributed by atoms with Gasteiger partial charge in [0.05, 0.1) is 11.1 Å². The lowest BCUT2D eigenvalue weighted by Gasteiger charge is -2.12. The van der Waals surface area contributed by atoms with Gasteiger partial charge in [-0.3, -0.25) is 4.79 Å². The summed E-state index contributed by atoms with van der Waals surface area (Å²) in [6.45, 7) is 0. The van der Waals surface area contributed by atoms with Crippen LogP contribution in [0.4, 0.5) is 13.2 Å². The van der Waals surface area contributed by atoms with E-state index in [-0.39, 0.29) is 17.0 Å². The highest BCUT2D eigenvalue weighted by atomic mass is 19.4. The maximum absolute atomic E-state index is 12.2. The van der Waals surface area contributed by atoms with E-state index in [4.69, 9.17) is 0 Å². The number of alkyl halides is 3. The molecule has 2 aromatic rings. The zero-order valence-electron chi connectivity index (χ0n) is 9.39. The maximum Gasteiger partial charge on any atom is 0.573 e. The first kappa shape index (κ1) is 13.0. The van der Waals surface area contributed by atoms with Gasteiger partial charge < -0.3 is 4.74 Å². The maximum atomic E-state index is 12.2. The molecule has 0 aliphatic heterocycles. The van der Waals surface area contributed by atoms with E-state index >= 15 is 0 Å². The summed E-state index contributed by atoms with van der Waals surface area (Å²) in [6.07, 6.45) is -1.81. The Balaban J connectivity index is 2.40. The molecule has 0 N–H and O–H groups in total. The Labute approximate surface area is 105 Å². The van der Waals surface area contributed by atoms with Crippen molar-refractivity contribution in [2.45, 2.75) is 6.36 Å². The lowest BCUT2D eigenvalue weighted by Crippen LogP contribution is -2.17. The first-order valence-corrected chi connectivity index (χ1v) is 5.12. The minimum absolute atomic E-state index is 0.0467. The van der Waals surface area contributed by atoms with Gasteiger partial charge in [-0.05, 0) is 12.1 Å². The SMILES string of the molecule is O=Cc1cnc(-c2ccccc2OC(F)(F)F)nc1. The average molecular weight is 268 g/mol. The summed E-state index contributed by atoms with van der Waals surface area (Å²) < 4.78 is 40.6. The van der Waals surface area contributed by atoms with Gasteiger partial charge in [0.15, 0.2) is 12.1 Å². The van der Waals surface area contributed by atoms with Crippen molar-refractivity contribution in [1.29, 1.82) is 0 Å². The molecule has 0 spiro atoms. The van der Waals surface area contributed by atoms with Crippen LogP contribution in [0.1, 0.15) is 10.4 Å². The third-order valence-corrected chi connectivity index (χ3v) is 2.16. The fourth-order valence-corrected chi connectivity index (χ4v) is 1.40. The summed E-state index contributed by atoms with van der Waals surface area (Å²) in [5, 5.41) is 0. The molecule has 0 aliphatic rings. The van der Waals surface area contributed by atoms with Crippen LogP contribution in [0.15, 0.2) is 36.7 Å². The molecule has 0 unspecified atom stereocenters. The van der Waals surface area contributed by atoms with E-state index in [1.807, 2.05) is 0 Å². The summed E-state index contributed by atoms with van der Waals surface area (Å²) in [4.78, 5) is 18.1. The number of halogens is 3. The molecule has 0 atom stereocenters. The molecule has 0 saturated heterocycles. The van der Waals surface area contributed by atoms with E-state index in [0.29, 0.717) is 6.29 Å². The molecule has 0 aliphatic carbocycles. The molecule has 98 valence electrons. The van der Waals surface area contributed by atoms with Crippen LogP contribution in [0, 0.1) is 0 Å². The molecule has 0 bridgehead atoms. The Kier molecular flexibility index (Phi) is 3.46. The second kappa shape index (κ2) is 5.05. The number of carbonyl (C=O) groups excluding carboxylic acids is 1. The van der Waals surface area contributed by atoms with Crippen molar-refractivity contribution >= 4 is 6.29 Å². The number of hydrogen-bond acceptors (Lipinski definition) is 4. The molecule has 0 radical (unpaired) electrons. The Morgan fingerprint density at radius 3 is 2.32 bits per heavy atom. The number of hydrogen-bond donors (Lipinski definition) is 0. The highest BCUT2D eigenvalue weighted by Crippen LogP contribution is 2.31. The second-order valence-corrected chi connectivity index (χ2v) is 3.50. The van der Waals surface area contributed by atoms with Gasteiger partial charge in [-0.2, -0.15) is 0 Å². The first-order valence-electron chi connectivity index (χ1n) is 5.12. The summed E-state index contributed by atoms with van der Waals surface area (Å²) in [5.74, 6) is -0.348. The minimum atomic E-state index is -4.79. The number of aldehydes is 1. The van der Waals surface area contributed by atoms with Crippen molar-refractivity contribution in [3.8, 4) is 17.1 Å². The topological polar surface area (TPSA) is 52.1 Å². The monoisotopic (exact) mass is 268 g/mol. The molecule has 4 nitrogen and oxygen atoms in total. The predicted molar refractivity (Wildman–Crippen MR) is 59.5 cm³/mol. The number of rotatable bonds is 3. The lowest BCUT2D eigenvalue weighted by atomic mass is 10.2. The molecule has 1 aromatic carbocycles. The number of para-hydroxylation sites is 1. The zero-order valence-corrected chi connectivity index (χ0v) is 9.39. The van der Waals surface area contributed by atoms with Gasteiger partial charge in [0, 0.05) is 12.4 Å². The molecular weight excluding hydrogens is 261 g/mol. The Bertz CT molecular complexity index is 582. The molecule has 1 aromatic heterocycles. The molecule has 0 saturated carbocycles. The zero-order chi connectivity index (χ0) is 13.9. The highest BCUT2D eigenvalue weighted by molar-refractivity contribution is 5.74. The molecule has 19 heavy (non-hydrogen) atoms. The second-order valence-electron chi connectivity index (χ2n) is 3.50. The predicted octanol–water partition coefficient (Wildman–Crippen LogP) is 2.85. The van der Waals surface area contributed by atoms with Crippen molar-refractivity contribution in [2.75, 3.05) is 0 Å². The third kappa shape index (κ3) is 3.27. The summed E-state index contributed by atoms with van der Waals surface area (Å²) >= 11 is 0. The number of benzene rings is 1. The van der Waals surface area contributed by atoms with Crippen LogP contribution in [-0.2, 0) is 0 Å². The van der Waals surface area contributed by atoms with E-state index in [1.54, 1.807) is 0 Å². The van der Waals surface area contributed by atoms with Gasteiger partial charge in [-0.1, -0.05) is 12.1 Å². The molecule has 7 heteroatoms. The van der Waals surface area contributed by atoms with Gasteiger partial charge >= 0.3 is 6.36 Å². The van der Waals surface area contributed by atoms with E-state index in [1.165, 1.54) is 36.7 Å².